The van der Waals surface area contributed by atoms with Crippen LogP contribution < -0.4 is 0 Å². The zero-order valence-corrected chi connectivity index (χ0v) is 8.98. The molecule has 0 atom stereocenters. The zero-order valence-electron chi connectivity index (χ0n) is 8.98. The largest absolute Gasteiger partial charge is 0.475 e. The van der Waals surface area contributed by atoms with Crippen molar-refractivity contribution in [2.75, 3.05) is 0 Å². The number of halogens is 1. The molecule has 0 saturated carbocycles. The number of benzene rings is 1. The summed E-state index contributed by atoms with van der Waals surface area (Å²) in [6.45, 7) is 0. The third kappa shape index (κ3) is 1.46. The fourth-order valence-corrected chi connectivity index (χ4v) is 1.85. The number of fused-ring (bicyclic) bond motifs is 1. The van der Waals surface area contributed by atoms with E-state index in [1.807, 2.05) is 0 Å². The van der Waals surface area contributed by atoms with E-state index >= 15 is 0 Å². The maximum atomic E-state index is 13.7. The molecule has 2 heterocycles. The Morgan fingerprint density at radius 2 is 2.28 bits per heavy atom. The molecule has 0 aliphatic rings. The second-order valence-electron chi connectivity index (χ2n) is 3.75. The van der Waals surface area contributed by atoms with Gasteiger partial charge < -0.3 is 14.6 Å². The molecule has 0 bridgehead atoms. The first-order chi connectivity index (χ1) is 8.66. The van der Waals surface area contributed by atoms with Gasteiger partial charge in [0.15, 0.2) is 0 Å². The van der Waals surface area contributed by atoms with Crippen LogP contribution in [-0.2, 0) is 0 Å². The molecule has 18 heavy (non-hydrogen) atoms. The summed E-state index contributed by atoms with van der Waals surface area (Å²) >= 11 is 0. The highest BCUT2D eigenvalue weighted by atomic mass is 19.1. The lowest BCUT2D eigenvalue weighted by Crippen LogP contribution is -1.91. The summed E-state index contributed by atoms with van der Waals surface area (Å²) in [6, 6.07) is 5.90. The molecule has 5 nitrogen and oxygen atoms in total. The second-order valence-corrected chi connectivity index (χ2v) is 3.75. The molecule has 0 fully saturated rings. The Labute approximate surface area is 99.8 Å². The van der Waals surface area contributed by atoms with E-state index < -0.39 is 11.8 Å². The van der Waals surface area contributed by atoms with Crippen molar-refractivity contribution < 1.29 is 18.8 Å². The molecule has 3 rings (SSSR count). The number of aromatic nitrogens is 2. The van der Waals surface area contributed by atoms with Crippen LogP contribution in [0.3, 0.4) is 0 Å². The van der Waals surface area contributed by atoms with Crippen LogP contribution in [0.25, 0.3) is 22.2 Å². The normalized spacial score (nSPS) is 10.9. The summed E-state index contributed by atoms with van der Waals surface area (Å²) in [5.41, 5.74) is 1.37. The lowest BCUT2D eigenvalue weighted by molar-refractivity contribution is 0.0652. The van der Waals surface area contributed by atoms with Gasteiger partial charge in [0.1, 0.15) is 11.5 Å². The van der Waals surface area contributed by atoms with Crippen LogP contribution in [0.4, 0.5) is 4.39 Å². The second kappa shape index (κ2) is 3.69. The summed E-state index contributed by atoms with van der Waals surface area (Å²) in [7, 11) is 0. The molecule has 1 aromatic carbocycles. The molecule has 90 valence electrons. The van der Waals surface area contributed by atoms with Crippen LogP contribution in [0.1, 0.15) is 10.6 Å². The van der Waals surface area contributed by atoms with Gasteiger partial charge in [0.05, 0.1) is 0 Å². The van der Waals surface area contributed by atoms with Gasteiger partial charge in [-0.25, -0.2) is 9.18 Å². The number of nitrogens with zero attached hydrogens (tertiary/aromatic N) is 1. The number of aromatic amines is 1. The number of carboxylic acids is 1. The Morgan fingerprint density at radius 1 is 1.44 bits per heavy atom. The fourth-order valence-electron chi connectivity index (χ4n) is 1.85. The van der Waals surface area contributed by atoms with Gasteiger partial charge in [-0.15, -0.1) is 0 Å². The van der Waals surface area contributed by atoms with Crippen LogP contribution in [0.15, 0.2) is 35.0 Å². The summed E-state index contributed by atoms with van der Waals surface area (Å²) in [5.74, 6) is -1.90. The van der Waals surface area contributed by atoms with Gasteiger partial charge in [0.25, 0.3) is 0 Å². The Bertz CT molecular complexity index is 745. The third-order valence-corrected chi connectivity index (χ3v) is 2.65. The van der Waals surface area contributed by atoms with E-state index in [4.69, 9.17) is 5.11 Å². The Morgan fingerprint density at radius 3 is 3.00 bits per heavy atom. The smallest absolute Gasteiger partial charge is 0.374 e. The number of rotatable bonds is 2. The van der Waals surface area contributed by atoms with Crippen molar-refractivity contribution >= 4 is 16.9 Å². The molecule has 0 unspecified atom stereocenters. The minimum absolute atomic E-state index is 0.281. The maximum Gasteiger partial charge on any atom is 0.374 e. The van der Waals surface area contributed by atoms with Crippen LogP contribution in [-0.4, -0.2) is 21.2 Å². The monoisotopic (exact) mass is 246 g/mol. The van der Waals surface area contributed by atoms with Crippen molar-refractivity contribution in [1.29, 1.82) is 0 Å². The van der Waals surface area contributed by atoms with Crippen molar-refractivity contribution in [3.05, 3.63) is 42.0 Å². The number of H-pyrrole nitrogens is 1. The highest BCUT2D eigenvalue weighted by molar-refractivity contribution is 5.96. The van der Waals surface area contributed by atoms with Crippen molar-refractivity contribution in [3.63, 3.8) is 0 Å². The number of carbonyl (C=O) groups is 1. The van der Waals surface area contributed by atoms with E-state index in [2.05, 4.69) is 14.7 Å². The molecule has 6 heteroatoms. The van der Waals surface area contributed by atoms with Crippen LogP contribution in [0.5, 0.6) is 0 Å². The third-order valence-electron chi connectivity index (χ3n) is 2.65. The Balaban J connectivity index is 2.22. The minimum Gasteiger partial charge on any atom is -0.475 e. The molecular weight excluding hydrogens is 239 g/mol. The SMILES string of the molecule is O=C(O)c1cc(-c2c[nH]c3cccc(F)c23)no1. The number of carboxylic acid groups (broad SMARTS) is 1. The van der Waals surface area contributed by atoms with Gasteiger partial charge in [0.2, 0.25) is 5.76 Å². The topological polar surface area (TPSA) is 79.1 Å². The lowest BCUT2D eigenvalue weighted by atomic mass is 10.1. The van der Waals surface area contributed by atoms with E-state index in [0.717, 1.165) is 0 Å². The molecule has 0 spiro atoms. The van der Waals surface area contributed by atoms with Gasteiger partial charge in [-0.1, -0.05) is 11.2 Å². The molecule has 3 aromatic rings. The van der Waals surface area contributed by atoms with E-state index in [1.165, 1.54) is 12.1 Å². The molecule has 2 aromatic heterocycles. The molecule has 0 amide bonds. The summed E-state index contributed by atoms with van der Waals surface area (Å²) < 4.78 is 18.4. The molecule has 2 N–H and O–H groups in total. The first-order valence-electron chi connectivity index (χ1n) is 5.13. The predicted molar refractivity (Wildman–Crippen MR) is 60.7 cm³/mol. The van der Waals surface area contributed by atoms with E-state index in [1.54, 1.807) is 18.3 Å². The van der Waals surface area contributed by atoms with Gasteiger partial charge in [-0.2, -0.15) is 0 Å². The van der Waals surface area contributed by atoms with Gasteiger partial charge in [-0.3, -0.25) is 0 Å². The predicted octanol–water partition coefficient (Wildman–Crippen LogP) is 2.66. The van der Waals surface area contributed by atoms with E-state index in [9.17, 15) is 9.18 Å². The number of nitrogens with one attached hydrogen (secondary N) is 1. The highest BCUT2D eigenvalue weighted by Crippen LogP contribution is 2.30. The number of hydrogen-bond acceptors (Lipinski definition) is 3. The molecule has 0 radical (unpaired) electrons. The van der Waals surface area contributed by atoms with Gasteiger partial charge in [0, 0.05) is 28.7 Å². The van der Waals surface area contributed by atoms with Gasteiger partial charge in [-0.05, 0) is 12.1 Å². The molecule has 0 saturated heterocycles. The van der Waals surface area contributed by atoms with Crippen molar-refractivity contribution in [2.45, 2.75) is 0 Å². The summed E-state index contributed by atoms with van der Waals surface area (Å²) in [6.07, 6.45) is 1.57. The average molecular weight is 246 g/mol. The number of aromatic carboxylic acids is 1. The maximum absolute atomic E-state index is 13.7. The summed E-state index contributed by atoms with van der Waals surface area (Å²) in [5, 5.41) is 12.7. The highest BCUT2D eigenvalue weighted by Gasteiger charge is 2.16. The fraction of sp³-hybridized carbons (Fsp3) is 0. The van der Waals surface area contributed by atoms with E-state index in [-0.39, 0.29) is 11.5 Å². The first kappa shape index (κ1) is 10.5. The number of hydrogen-bond donors (Lipinski definition) is 2. The van der Waals surface area contributed by atoms with Crippen LogP contribution >= 0.6 is 0 Å². The Hall–Kier alpha value is -2.63. The molecule has 0 aliphatic heterocycles. The molecular formula is C12H7FN2O3. The standard InChI is InChI=1S/C12H7FN2O3/c13-7-2-1-3-8-11(7)6(5-14-8)9-4-10(12(16)17)18-15-9/h1-5,14H,(H,16,17). The first-order valence-corrected chi connectivity index (χ1v) is 5.13. The Kier molecular flexibility index (Phi) is 2.16. The average Bonchev–Trinajstić information content (AvgIpc) is 2.94. The lowest BCUT2D eigenvalue weighted by Gasteiger charge is -1.94. The summed E-state index contributed by atoms with van der Waals surface area (Å²) in [4.78, 5) is 13.6. The van der Waals surface area contributed by atoms with Crippen LogP contribution in [0, 0.1) is 5.82 Å². The van der Waals surface area contributed by atoms with E-state index in [0.29, 0.717) is 16.5 Å². The van der Waals surface area contributed by atoms with Crippen molar-refractivity contribution in [3.8, 4) is 11.3 Å². The quantitative estimate of drug-likeness (QED) is 0.728. The van der Waals surface area contributed by atoms with Crippen molar-refractivity contribution in [1.82, 2.24) is 10.1 Å². The van der Waals surface area contributed by atoms with Crippen LogP contribution in [0.2, 0.25) is 0 Å². The van der Waals surface area contributed by atoms with Crippen molar-refractivity contribution in [2.24, 2.45) is 0 Å². The molecule has 0 aliphatic carbocycles. The zero-order chi connectivity index (χ0) is 12.7. The van der Waals surface area contributed by atoms with Gasteiger partial charge >= 0.3 is 5.97 Å². The minimum atomic E-state index is -1.21.